The summed E-state index contributed by atoms with van der Waals surface area (Å²) in [6, 6.07) is 16.6. The summed E-state index contributed by atoms with van der Waals surface area (Å²) in [4.78, 5) is 11.7. The quantitative estimate of drug-likeness (QED) is 0.267. The Morgan fingerprint density at radius 2 is 1.67 bits per heavy atom. The third-order valence-electron chi connectivity index (χ3n) is 4.96. The third kappa shape index (κ3) is 4.58. The first-order valence-electron chi connectivity index (χ1n) is 10.1. The van der Waals surface area contributed by atoms with E-state index in [1.54, 1.807) is 26.4 Å². The molecule has 0 saturated heterocycles. The van der Waals surface area contributed by atoms with Crippen molar-refractivity contribution in [3.8, 4) is 28.8 Å². The molecule has 4 rings (SSSR count). The van der Waals surface area contributed by atoms with Gasteiger partial charge in [0.15, 0.2) is 10.9 Å². The molecule has 2 heterocycles. The van der Waals surface area contributed by atoms with Gasteiger partial charge in [0.05, 0.1) is 26.9 Å². The normalized spacial score (nSPS) is 10.8. The number of methoxy groups -OCH3 is 3. The first-order chi connectivity index (χ1) is 16.0. The van der Waals surface area contributed by atoms with Crippen LogP contribution in [0, 0.1) is 6.92 Å². The molecule has 4 aromatic rings. The second-order valence-corrected chi connectivity index (χ2v) is 7.98. The molecule has 8 nitrogen and oxygen atoms in total. The standard InChI is InChI=1S/C24H23N3O5S/c1-15-8-13-20(32-15)22-25-26-24(27(22)21-18(29-2)6-5-7-19(21)30-3)33-14-16-9-11-17(12-10-16)23(28)31-4/h5-13H,14H2,1-4H3. The third-order valence-corrected chi connectivity index (χ3v) is 5.96. The summed E-state index contributed by atoms with van der Waals surface area (Å²) in [6.07, 6.45) is 0. The lowest BCUT2D eigenvalue weighted by molar-refractivity contribution is 0.0600. The molecule has 0 unspecified atom stereocenters. The predicted octanol–water partition coefficient (Wildman–Crippen LogP) is 4.93. The Bertz CT molecular complexity index is 1240. The molecule has 0 bridgehead atoms. The Labute approximate surface area is 195 Å². The lowest BCUT2D eigenvalue weighted by Gasteiger charge is -2.16. The van der Waals surface area contributed by atoms with Crippen LogP contribution in [0.3, 0.4) is 0 Å². The largest absolute Gasteiger partial charge is 0.494 e. The first kappa shape index (κ1) is 22.5. The molecule has 0 fully saturated rings. The number of ether oxygens (including phenoxy) is 3. The highest BCUT2D eigenvalue weighted by atomic mass is 32.2. The minimum absolute atomic E-state index is 0.365. The van der Waals surface area contributed by atoms with Gasteiger partial charge in [0.25, 0.3) is 0 Å². The summed E-state index contributed by atoms with van der Waals surface area (Å²) in [5, 5.41) is 9.49. The highest BCUT2D eigenvalue weighted by molar-refractivity contribution is 7.98. The predicted molar refractivity (Wildman–Crippen MR) is 124 cm³/mol. The molecule has 0 spiro atoms. The number of benzene rings is 2. The fourth-order valence-electron chi connectivity index (χ4n) is 3.33. The molecule has 0 saturated carbocycles. The van der Waals surface area contributed by atoms with Gasteiger partial charge in [-0.15, -0.1) is 10.2 Å². The number of carbonyl (C=O) groups is 1. The van der Waals surface area contributed by atoms with Crippen LogP contribution in [-0.4, -0.2) is 42.1 Å². The van der Waals surface area contributed by atoms with Crippen LogP contribution in [0.5, 0.6) is 11.5 Å². The summed E-state index contributed by atoms with van der Waals surface area (Å²) >= 11 is 1.50. The van der Waals surface area contributed by atoms with Gasteiger partial charge in [-0.25, -0.2) is 4.79 Å². The minimum Gasteiger partial charge on any atom is -0.494 e. The molecule has 2 aromatic carbocycles. The van der Waals surface area contributed by atoms with Crippen molar-refractivity contribution in [2.24, 2.45) is 0 Å². The van der Waals surface area contributed by atoms with E-state index >= 15 is 0 Å². The molecule has 0 N–H and O–H groups in total. The second-order valence-electron chi connectivity index (χ2n) is 7.04. The summed E-state index contributed by atoms with van der Waals surface area (Å²) in [7, 11) is 4.58. The fraction of sp³-hybridized carbons (Fsp3) is 0.208. The van der Waals surface area contributed by atoms with Crippen molar-refractivity contribution in [3.63, 3.8) is 0 Å². The number of esters is 1. The Balaban J connectivity index is 1.74. The number of nitrogens with zero attached hydrogens (tertiary/aromatic N) is 3. The monoisotopic (exact) mass is 465 g/mol. The van der Waals surface area contributed by atoms with Crippen molar-refractivity contribution in [2.45, 2.75) is 17.8 Å². The molecule has 170 valence electrons. The number of carbonyl (C=O) groups excluding carboxylic acids is 1. The number of hydrogen-bond acceptors (Lipinski definition) is 8. The van der Waals surface area contributed by atoms with E-state index in [9.17, 15) is 4.79 Å². The van der Waals surface area contributed by atoms with Gasteiger partial charge in [-0.1, -0.05) is 30.0 Å². The van der Waals surface area contributed by atoms with Crippen LogP contribution in [0.2, 0.25) is 0 Å². The van der Waals surface area contributed by atoms with E-state index in [-0.39, 0.29) is 5.97 Å². The van der Waals surface area contributed by atoms with Gasteiger partial charge < -0.3 is 18.6 Å². The van der Waals surface area contributed by atoms with Crippen molar-refractivity contribution >= 4 is 17.7 Å². The van der Waals surface area contributed by atoms with Gasteiger partial charge in [0, 0.05) is 5.75 Å². The highest BCUT2D eigenvalue weighted by Gasteiger charge is 2.24. The summed E-state index contributed by atoms with van der Waals surface area (Å²) in [5.74, 6) is 3.36. The molecule has 9 heteroatoms. The minimum atomic E-state index is -0.365. The van der Waals surface area contributed by atoms with Gasteiger partial charge >= 0.3 is 5.97 Å². The van der Waals surface area contributed by atoms with E-state index in [1.807, 2.05) is 54.0 Å². The lowest BCUT2D eigenvalue weighted by atomic mass is 10.1. The van der Waals surface area contributed by atoms with Gasteiger partial charge in [-0.3, -0.25) is 4.57 Å². The average molecular weight is 466 g/mol. The van der Waals surface area contributed by atoms with E-state index in [1.165, 1.54) is 18.9 Å². The van der Waals surface area contributed by atoms with Gasteiger partial charge in [0.2, 0.25) is 5.82 Å². The zero-order valence-electron chi connectivity index (χ0n) is 18.7. The molecule has 0 aliphatic rings. The van der Waals surface area contributed by atoms with Gasteiger partial charge in [-0.05, 0) is 48.9 Å². The Morgan fingerprint density at radius 3 is 2.24 bits per heavy atom. The summed E-state index contributed by atoms with van der Waals surface area (Å²) < 4.78 is 23.7. The molecule has 2 aromatic heterocycles. The van der Waals surface area contributed by atoms with E-state index in [0.29, 0.717) is 45.2 Å². The van der Waals surface area contributed by atoms with Crippen molar-refractivity contribution in [2.75, 3.05) is 21.3 Å². The Morgan fingerprint density at radius 1 is 0.970 bits per heavy atom. The maximum Gasteiger partial charge on any atom is 0.337 e. The zero-order chi connectivity index (χ0) is 23.4. The number of rotatable bonds is 8. The van der Waals surface area contributed by atoms with Crippen LogP contribution in [0.4, 0.5) is 0 Å². The zero-order valence-corrected chi connectivity index (χ0v) is 19.5. The van der Waals surface area contributed by atoms with E-state index in [2.05, 4.69) is 10.2 Å². The van der Waals surface area contributed by atoms with Crippen LogP contribution in [-0.2, 0) is 10.5 Å². The lowest BCUT2D eigenvalue weighted by Crippen LogP contribution is -2.05. The van der Waals surface area contributed by atoms with Crippen LogP contribution in [0.25, 0.3) is 17.3 Å². The number of thioether (sulfide) groups is 1. The van der Waals surface area contributed by atoms with Crippen LogP contribution < -0.4 is 9.47 Å². The highest BCUT2D eigenvalue weighted by Crippen LogP contribution is 2.39. The van der Waals surface area contributed by atoms with Crippen molar-refractivity contribution in [1.29, 1.82) is 0 Å². The van der Waals surface area contributed by atoms with Gasteiger partial charge in [0.1, 0.15) is 22.9 Å². The second kappa shape index (κ2) is 9.83. The van der Waals surface area contributed by atoms with E-state index in [0.717, 1.165) is 11.3 Å². The molecule has 0 radical (unpaired) electrons. The molecule has 0 aliphatic carbocycles. The number of aromatic nitrogens is 3. The average Bonchev–Trinajstić information content (AvgIpc) is 3.47. The van der Waals surface area contributed by atoms with Crippen LogP contribution in [0.1, 0.15) is 21.7 Å². The molecule has 0 amide bonds. The topological polar surface area (TPSA) is 88.6 Å². The molecule has 0 aliphatic heterocycles. The SMILES string of the molecule is COC(=O)c1ccc(CSc2nnc(-c3ccc(C)o3)n2-c2c(OC)cccc2OC)cc1. The Hall–Kier alpha value is -3.72. The van der Waals surface area contributed by atoms with Crippen LogP contribution >= 0.6 is 11.8 Å². The summed E-state index contributed by atoms with van der Waals surface area (Å²) in [5.41, 5.74) is 2.20. The van der Waals surface area contributed by atoms with E-state index in [4.69, 9.17) is 18.6 Å². The number of aryl methyl sites for hydroxylation is 1. The molecule has 0 atom stereocenters. The van der Waals surface area contributed by atoms with Gasteiger partial charge in [-0.2, -0.15) is 0 Å². The van der Waals surface area contributed by atoms with Crippen molar-refractivity contribution < 1.29 is 23.4 Å². The molecule has 33 heavy (non-hydrogen) atoms. The number of para-hydroxylation sites is 1. The number of hydrogen-bond donors (Lipinski definition) is 0. The Kier molecular flexibility index (Phi) is 6.69. The fourth-order valence-corrected chi connectivity index (χ4v) is 4.23. The smallest absolute Gasteiger partial charge is 0.337 e. The summed E-state index contributed by atoms with van der Waals surface area (Å²) in [6.45, 7) is 1.88. The van der Waals surface area contributed by atoms with Crippen molar-refractivity contribution in [3.05, 3.63) is 71.5 Å². The molecular weight excluding hydrogens is 442 g/mol. The maximum atomic E-state index is 11.7. The first-order valence-corrected chi connectivity index (χ1v) is 11.1. The number of furan rings is 1. The van der Waals surface area contributed by atoms with Crippen LogP contribution in [0.15, 0.2) is 64.2 Å². The maximum absolute atomic E-state index is 11.7. The van der Waals surface area contributed by atoms with E-state index < -0.39 is 0 Å². The van der Waals surface area contributed by atoms with Crippen molar-refractivity contribution in [1.82, 2.24) is 14.8 Å². The molecular formula is C24H23N3O5S.